The summed E-state index contributed by atoms with van der Waals surface area (Å²) in [6, 6.07) is 0. The van der Waals surface area contributed by atoms with E-state index in [0.717, 1.165) is 45.4 Å². The summed E-state index contributed by atoms with van der Waals surface area (Å²) in [7, 11) is 0. The van der Waals surface area contributed by atoms with Crippen molar-refractivity contribution in [2.24, 2.45) is 27.6 Å². The van der Waals surface area contributed by atoms with Crippen molar-refractivity contribution in [2.45, 2.75) is 58.8 Å². The molecule has 2 saturated heterocycles. The number of carbonyl (C=O) groups is 1. The Morgan fingerprint density at radius 1 is 1.11 bits per heavy atom. The quantitative estimate of drug-likeness (QED) is 0.730. The largest absolute Gasteiger partial charge is 0.342 e. The van der Waals surface area contributed by atoms with Gasteiger partial charge in [0, 0.05) is 31.6 Å². The molecule has 0 aromatic carbocycles. The van der Waals surface area contributed by atoms with Gasteiger partial charge in [0.15, 0.2) is 0 Å². The smallest absolute Gasteiger partial charge is 0.228 e. The highest BCUT2D eigenvalue weighted by Gasteiger charge is 2.65. The first-order chi connectivity index (χ1) is 13.3. The zero-order valence-electron chi connectivity index (χ0n) is 17.7. The molecule has 2 aliphatic heterocycles. The number of amides is 1. The molecular weight excluding hydrogens is 344 g/mol. The summed E-state index contributed by atoms with van der Waals surface area (Å²) >= 11 is 0. The van der Waals surface area contributed by atoms with Gasteiger partial charge >= 0.3 is 0 Å². The summed E-state index contributed by atoms with van der Waals surface area (Å²) in [5.41, 5.74) is 1.96. The zero-order chi connectivity index (χ0) is 19.6. The van der Waals surface area contributed by atoms with E-state index in [0.29, 0.717) is 22.7 Å². The molecule has 3 nitrogen and oxygen atoms in total. The third-order valence-electron chi connectivity index (χ3n) is 8.81. The molecule has 6 aliphatic rings. The molecule has 1 amide bonds. The summed E-state index contributed by atoms with van der Waals surface area (Å²) in [5, 5.41) is 3.43. The summed E-state index contributed by atoms with van der Waals surface area (Å²) in [5.74, 6) is 1.18. The normalized spacial score (nSPS) is 43.4. The van der Waals surface area contributed by atoms with E-state index in [1.54, 1.807) is 0 Å². The van der Waals surface area contributed by atoms with E-state index in [1.165, 1.54) is 31.3 Å². The van der Waals surface area contributed by atoms with Crippen molar-refractivity contribution < 1.29 is 4.79 Å². The maximum Gasteiger partial charge on any atom is 0.228 e. The molecule has 4 atom stereocenters. The van der Waals surface area contributed by atoms with Gasteiger partial charge in [0.2, 0.25) is 5.91 Å². The lowest BCUT2D eigenvalue weighted by molar-refractivity contribution is -0.175. The Morgan fingerprint density at radius 2 is 1.86 bits per heavy atom. The van der Waals surface area contributed by atoms with Gasteiger partial charge in [-0.15, -0.1) is 0 Å². The van der Waals surface area contributed by atoms with Crippen molar-refractivity contribution in [3.63, 3.8) is 0 Å². The van der Waals surface area contributed by atoms with Crippen LogP contribution in [0.15, 0.2) is 36.5 Å². The van der Waals surface area contributed by atoms with Crippen LogP contribution in [0, 0.1) is 27.6 Å². The lowest BCUT2D eigenvalue weighted by atomic mass is 9.38. The Bertz CT molecular complexity index is 763. The maximum atomic E-state index is 13.9. The van der Waals surface area contributed by atoms with Crippen molar-refractivity contribution in [2.75, 3.05) is 26.2 Å². The maximum absolute atomic E-state index is 13.9. The predicted molar refractivity (Wildman–Crippen MR) is 114 cm³/mol. The minimum atomic E-state index is -0.131. The van der Waals surface area contributed by atoms with Gasteiger partial charge in [0.1, 0.15) is 0 Å². The SMILES string of the molecule is C=C(/C=C\C=C/C)[C@]12CC3CC(C(=O)N4CCC5(CNC5)C4)(C[C@](C)(C3)C1)C2. The van der Waals surface area contributed by atoms with Crippen LogP contribution in [-0.4, -0.2) is 37.0 Å². The first-order valence-electron chi connectivity index (χ1n) is 11.3. The first-order valence-corrected chi connectivity index (χ1v) is 11.3. The molecule has 0 aromatic heterocycles. The average molecular weight is 381 g/mol. The molecule has 2 unspecified atom stereocenters. The van der Waals surface area contributed by atoms with Gasteiger partial charge in [0.25, 0.3) is 0 Å². The van der Waals surface area contributed by atoms with Crippen LogP contribution in [0.1, 0.15) is 58.8 Å². The predicted octanol–water partition coefficient (Wildman–Crippen LogP) is 4.47. The van der Waals surface area contributed by atoms with E-state index in [-0.39, 0.29) is 10.8 Å². The van der Waals surface area contributed by atoms with Gasteiger partial charge in [-0.3, -0.25) is 4.79 Å². The van der Waals surface area contributed by atoms with Crippen molar-refractivity contribution in [3.8, 4) is 0 Å². The van der Waals surface area contributed by atoms with Gasteiger partial charge in [-0.25, -0.2) is 0 Å². The van der Waals surface area contributed by atoms with E-state index in [1.807, 2.05) is 6.92 Å². The molecule has 0 radical (unpaired) electrons. The summed E-state index contributed by atoms with van der Waals surface area (Å²) < 4.78 is 0. The number of nitrogens with one attached hydrogen (secondary N) is 1. The highest BCUT2D eigenvalue weighted by Crippen LogP contribution is 2.72. The molecular formula is C25H36N2O. The van der Waals surface area contributed by atoms with Crippen molar-refractivity contribution in [1.29, 1.82) is 0 Å². The van der Waals surface area contributed by atoms with Gasteiger partial charge in [-0.2, -0.15) is 0 Å². The molecule has 0 aromatic rings. The summed E-state index contributed by atoms with van der Waals surface area (Å²) in [4.78, 5) is 16.2. The highest BCUT2D eigenvalue weighted by molar-refractivity contribution is 5.84. The molecule has 1 spiro atoms. The molecule has 6 rings (SSSR count). The second kappa shape index (κ2) is 6.08. The van der Waals surface area contributed by atoms with Crippen LogP contribution in [0.2, 0.25) is 0 Å². The topological polar surface area (TPSA) is 32.3 Å². The van der Waals surface area contributed by atoms with Gasteiger partial charge < -0.3 is 10.2 Å². The van der Waals surface area contributed by atoms with Crippen LogP contribution in [0.4, 0.5) is 0 Å². The van der Waals surface area contributed by atoms with Crippen LogP contribution >= 0.6 is 0 Å². The second-order valence-electron chi connectivity index (χ2n) is 11.4. The molecule has 2 heterocycles. The first kappa shape index (κ1) is 18.7. The number of rotatable bonds is 4. The number of likely N-dealkylation sites (tertiary alicyclic amines) is 1. The number of allylic oxidation sites excluding steroid dienone is 5. The lowest BCUT2D eigenvalue weighted by Gasteiger charge is -2.66. The third-order valence-corrected chi connectivity index (χ3v) is 8.81. The minimum absolute atomic E-state index is 0.131. The summed E-state index contributed by atoms with van der Waals surface area (Å²) in [6.07, 6.45) is 16.7. The number of carbonyl (C=O) groups excluding carboxylic acids is 1. The monoisotopic (exact) mass is 380 g/mol. The number of hydrogen-bond donors (Lipinski definition) is 1. The van der Waals surface area contributed by atoms with Crippen molar-refractivity contribution in [3.05, 3.63) is 36.5 Å². The Labute approximate surface area is 170 Å². The standard InChI is InChI=1S/C25H36N2O/c1-4-5-6-7-19(2)24-11-20-10-22(3,13-24)14-25(12-20,15-24)21(28)27-9-8-23(18-27)16-26-17-23/h4-7,20,26H,2,8-18H2,1,3H3/b5-4-,7-6-/t20?,22-,24-,25?/m1/s1. The fourth-order valence-corrected chi connectivity index (χ4v) is 8.19. The van der Waals surface area contributed by atoms with Crippen molar-refractivity contribution >= 4 is 5.91 Å². The number of nitrogens with zero attached hydrogens (tertiary/aromatic N) is 1. The lowest BCUT2D eigenvalue weighted by Crippen LogP contribution is -2.62. The van der Waals surface area contributed by atoms with Crippen LogP contribution in [0.25, 0.3) is 0 Å². The van der Waals surface area contributed by atoms with Gasteiger partial charge in [-0.05, 0) is 74.2 Å². The van der Waals surface area contributed by atoms with E-state index in [2.05, 4.69) is 48.0 Å². The molecule has 4 bridgehead atoms. The molecule has 4 saturated carbocycles. The number of hydrogen-bond acceptors (Lipinski definition) is 2. The Kier molecular flexibility index (Phi) is 4.05. The highest BCUT2D eigenvalue weighted by atomic mass is 16.2. The van der Waals surface area contributed by atoms with Gasteiger partial charge in [0.05, 0.1) is 5.41 Å². The Balaban J connectivity index is 1.43. The Hall–Kier alpha value is -1.35. The van der Waals surface area contributed by atoms with E-state index in [4.69, 9.17) is 0 Å². The molecule has 28 heavy (non-hydrogen) atoms. The molecule has 1 N–H and O–H groups in total. The van der Waals surface area contributed by atoms with E-state index in [9.17, 15) is 4.79 Å². The van der Waals surface area contributed by atoms with Crippen LogP contribution in [-0.2, 0) is 4.79 Å². The molecule has 6 fully saturated rings. The van der Waals surface area contributed by atoms with Crippen LogP contribution in [0.3, 0.4) is 0 Å². The van der Waals surface area contributed by atoms with Crippen LogP contribution < -0.4 is 5.32 Å². The van der Waals surface area contributed by atoms with Crippen molar-refractivity contribution in [1.82, 2.24) is 10.2 Å². The third kappa shape index (κ3) is 2.69. The average Bonchev–Trinajstić information content (AvgIpc) is 3.05. The second-order valence-corrected chi connectivity index (χ2v) is 11.4. The molecule has 3 heteroatoms. The fraction of sp³-hybridized carbons (Fsp3) is 0.720. The Morgan fingerprint density at radius 3 is 2.50 bits per heavy atom. The fourth-order valence-electron chi connectivity index (χ4n) is 8.19. The van der Waals surface area contributed by atoms with Crippen LogP contribution in [0.5, 0.6) is 0 Å². The summed E-state index contributed by atoms with van der Waals surface area (Å²) in [6.45, 7) is 13.2. The van der Waals surface area contributed by atoms with E-state index >= 15 is 0 Å². The minimum Gasteiger partial charge on any atom is -0.342 e. The zero-order valence-corrected chi connectivity index (χ0v) is 17.7. The van der Waals surface area contributed by atoms with E-state index < -0.39 is 0 Å². The molecule has 4 aliphatic carbocycles. The molecule has 152 valence electrons. The van der Waals surface area contributed by atoms with Gasteiger partial charge in [-0.1, -0.05) is 37.8 Å².